The summed E-state index contributed by atoms with van der Waals surface area (Å²) >= 11 is 0. The van der Waals surface area contributed by atoms with E-state index >= 15 is 0 Å². The third-order valence-corrected chi connectivity index (χ3v) is 7.29. The summed E-state index contributed by atoms with van der Waals surface area (Å²) < 4.78 is 50.3. The van der Waals surface area contributed by atoms with Crippen molar-refractivity contribution >= 4 is 13.7 Å². The Morgan fingerprint density at radius 1 is 1.30 bits per heavy atom. The Hall–Kier alpha value is -2.83. The Labute approximate surface area is 212 Å². The van der Waals surface area contributed by atoms with Gasteiger partial charge in [0.05, 0.1) is 26.0 Å². The van der Waals surface area contributed by atoms with Crippen LogP contribution in [0, 0.1) is 5.92 Å². The summed E-state index contributed by atoms with van der Waals surface area (Å²) in [5.41, 5.74) is -1.51. The zero-order valence-electron chi connectivity index (χ0n) is 20.4. The van der Waals surface area contributed by atoms with Crippen molar-refractivity contribution in [1.82, 2.24) is 14.6 Å². The Morgan fingerprint density at radius 3 is 2.68 bits per heavy atom. The summed E-state index contributed by atoms with van der Waals surface area (Å²) in [6.07, 6.45) is -1.35. The number of carbonyl (C=O) groups is 1. The highest BCUT2D eigenvalue weighted by atomic mass is 31.2. The van der Waals surface area contributed by atoms with E-state index in [-0.39, 0.29) is 12.4 Å². The quantitative estimate of drug-likeness (QED) is 0.194. The van der Waals surface area contributed by atoms with Gasteiger partial charge in [0, 0.05) is 18.2 Å². The SMILES string of the molecule is CCCCOC(=O)C(C)NP(=O)(OCC1OC(n2ccc(=O)[nH]c2=O)C(O)C1CF)Oc1ccccc1. The molecule has 0 saturated carbocycles. The normalized spacial score (nSPS) is 23.8. The molecule has 1 aromatic heterocycles. The molecule has 2 aromatic rings. The number of aromatic amines is 1. The van der Waals surface area contributed by atoms with E-state index in [4.69, 9.17) is 18.5 Å². The van der Waals surface area contributed by atoms with Crippen molar-refractivity contribution in [1.29, 1.82) is 0 Å². The highest BCUT2D eigenvalue weighted by molar-refractivity contribution is 7.52. The van der Waals surface area contributed by atoms with E-state index in [0.717, 1.165) is 23.3 Å². The van der Waals surface area contributed by atoms with Crippen LogP contribution in [0.3, 0.4) is 0 Å². The number of esters is 1. The lowest BCUT2D eigenvalue weighted by atomic mass is 10.00. The van der Waals surface area contributed by atoms with Crippen LogP contribution < -0.4 is 20.9 Å². The van der Waals surface area contributed by atoms with E-state index in [1.54, 1.807) is 18.2 Å². The molecule has 0 spiro atoms. The number of aliphatic hydroxyl groups excluding tert-OH is 1. The number of rotatable bonds is 13. The van der Waals surface area contributed by atoms with Crippen LogP contribution in [0.25, 0.3) is 0 Å². The van der Waals surface area contributed by atoms with Crippen LogP contribution >= 0.6 is 7.75 Å². The van der Waals surface area contributed by atoms with Crippen molar-refractivity contribution in [3.8, 4) is 5.75 Å². The van der Waals surface area contributed by atoms with Gasteiger partial charge in [-0.15, -0.1) is 0 Å². The highest BCUT2D eigenvalue weighted by Gasteiger charge is 2.46. The fourth-order valence-electron chi connectivity index (χ4n) is 3.62. The molecule has 0 amide bonds. The molecule has 0 bridgehead atoms. The molecule has 12 nitrogen and oxygen atoms in total. The maximum atomic E-state index is 13.9. The zero-order chi connectivity index (χ0) is 27.0. The van der Waals surface area contributed by atoms with Crippen molar-refractivity contribution in [2.24, 2.45) is 5.92 Å². The number of halogens is 1. The first kappa shape index (κ1) is 28.7. The second-order valence-corrected chi connectivity index (χ2v) is 10.2. The summed E-state index contributed by atoms with van der Waals surface area (Å²) in [5, 5.41) is 13.1. The minimum atomic E-state index is -4.26. The van der Waals surface area contributed by atoms with Gasteiger partial charge < -0.3 is 19.1 Å². The molecule has 0 aliphatic carbocycles. The number of para-hydroxylation sites is 1. The van der Waals surface area contributed by atoms with Crippen LogP contribution in [0.5, 0.6) is 5.75 Å². The van der Waals surface area contributed by atoms with E-state index in [0.29, 0.717) is 6.42 Å². The molecule has 3 rings (SSSR count). The third kappa shape index (κ3) is 7.59. The maximum absolute atomic E-state index is 13.9. The average molecular weight is 543 g/mol. The molecule has 6 atom stereocenters. The minimum Gasteiger partial charge on any atom is -0.465 e. The van der Waals surface area contributed by atoms with Gasteiger partial charge in [0.15, 0.2) is 6.23 Å². The van der Waals surface area contributed by atoms with E-state index in [1.165, 1.54) is 19.1 Å². The first-order chi connectivity index (χ1) is 17.7. The molecular weight excluding hydrogens is 512 g/mol. The summed E-state index contributed by atoms with van der Waals surface area (Å²) in [7, 11) is -4.26. The van der Waals surface area contributed by atoms with Crippen LogP contribution in [0.15, 0.2) is 52.2 Å². The van der Waals surface area contributed by atoms with Gasteiger partial charge in [-0.2, -0.15) is 5.09 Å². The molecule has 204 valence electrons. The Kier molecular flexibility index (Phi) is 10.2. The molecule has 1 fully saturated rings. The maximum Gasteiger partial charge on any atom is 0.459 e. The standard InChI is InChI=1S/C23H31FN3O9P/c1-3-4-12-33-22(30)15(2)26-37(32,36-16-8-6-5-7-9-16)34-14-18-17(13-24)20(29)21(35-18)27-11-10-19(28)25-23(27)31/h5-11,15,17-18,20-21,29H,3-4,12-14H2,1-2H3,(H,26,32)(H,25,28,31). The number of carbonyl (C=O) groups excluding carboxylic acids is 1. The number of hydrogen-bond acceptors (Lipinski definition) is 9. The van der Waals surface area contributed by atoms with E-state index in [9.17, 15) is 28.4 Å². The number of nitrogens with zero attached hydrogens (tertiary/aromatic N) is 1. The topological polar surface area (TPSA) is 158 Å². The van der Waals surface area contributed by atoms with Crippen molar-refractivity contribution in [3.05, 3.63) is 63.4 Å². The average Bonchev–Trinajstić information content (AvgIpc) is 3.18. The predicted molar refractivity (Wildman–Crippen MR) is 130 cm³/mol. The van der Waals surface area contributed by atoms with Gasteiger partial charge in [0.2, 0.25) is 0 Å². The van der Waals surface area contributed by atoms with Crippen LogP contribution in [-0.2, 0) is 23.4 Å². The van der Waals surface area contributed by atoms with Gasteiger partial charge in [-0.3, -0.25) is 28.1 Å². The second kappa shape index (κ2) is 13.1. The molecule has 1 aliphatic rings. The monoisotopic (exact) mass is 543 g/mol. The van der Waals surface area contributed by atoms with Crippen LogP contribution in [-0.4, -0.2) is 58.8 Å². The third-order valence-electron chi connectivity index (χ3n) is 5.65. The lowest BCUT2D eigenvalue weighted by molar-refractivity contribution is -0.145. The van der Waals surface area contributed by atoms with Crippen molar-refractivity contribution < 1.29 is 37.4 Å². The van der Waals surface area contributed by atoms with E-state index in [2.05, 4.69) is 5.09 Å². The number of hydrogen-bond donors (Lipinski definition) is 3. The Morgan fingerprint density at radius 2 is 2.03 bits per heavy atom. The predicted octanol–water partition coefficient (Wildman–Crippen LogP) is 1.91. The molecule has 2 heterocycles. The van der Waals surface area contributed by atoms with Gasteiger partial charge in [-0.25, -0.2) is 9.36 Å². The van der Waals surface area contributed by atoms with Gasteiger partial charge in [0.25, 0.3) is 5.56 Å². The molecule has 1 aromatic carbocycles. The van der Waals surface area contributed by atoms with Crippen LogP contribution in [0.2, 0.25) is 0 Å². The lowest BCUT2D eigenvalue weighted by Crippen LogP contribution is -2.37. The number of benzene rings is 1. The van der Waals surface area contributed by atoms with Gasteiger partial charge in [0.1, 0.15) is 17.9 Å². The van der Waals surface area contributed by atoms with Gasteiger partial charge in [-0.1, -0.05) is 31.5 Å². The number of H-pyrrole nitrogens is 1. The molecule has 14 heteroatoms. The minimum absolute atomic E-state index is 0.178. The largest absolute Gasteiger partial charge is 0.465 e. The Balaban J connectivity index is 1.76. The van der Waals surface area contributed by atoms with E-state index in [1.807, 2.05) is 11.9 Å². The number of ether oxygens (including phenoxy) is 2. The fourth-order valence-corrected chi connectivity index (χ4v) is 5.12. The molecule has 1 saturated heterocycles. The highest BCUT2D eigenvalue weighted by Crippen LogP contribution is 2.46. The van der Waals surface area contributed by atoms with Crippen LogP contribution in [0.4, 0.5) is 4.39 Å². The Bertz CT molecular complexity index is 1190. The van der Waals surface area contributed by atoms with Crippen molar-refractivity contribution in [3.63, 3.8) is 0 Å². The summed E-state index contributed by atoms with van der Waals surface area (Å²) in [5.74, 6) is -1.64. The summed E-state index contributed by atoms with van der Waals surface area (Å²) in [4.78, 5) is 37.9. The summed E-state index contributed by atoms with van der Waals surface area (Å²) in [6.45, 7) is 2.01. The number of nitrogens with one attached hydrogen (secondary N) is 2. The summed E-state index contributed by atoms with van der Waals surface area (Å²) in [6, 6.07) is 8.04. The number of aromatic nitrogens is 2. The van der Waals surface area contributed by atoms with Gasteiger partial charge >= 0.3 is 19.4 Å². The molecule has 1 aliphatic heterocycles. The second-order valence-electron chi connectivity index (χ2n) is 8.46. The number of aliphatic hydroxyl groups is 1. The van der Waals surface area contributed by atoms with E-state index < -0.39 is 68.6 Å². The first-order valence-corrected chi connectivity index (χ1v) is 13.4. The van der Waals surface area contributed by atoms with Crippen molar-refractivity contribution in [2.45, 2.75) is 51.2 Å². The molecular formula is C23H31FN3O9P. The van der Waals surface area contributed by atoms with Gasteiger partial charge in [-0.05, 0) is 25.5 Å². The molecule has 3 N–H and O–H groups in total. The fraction of sp³-hybridized carbons (Fsp3) is 0.522. The molecule has 6 unspecified atom stereocenters. The zero-order valence-corrected chi connectivity index (χ0v) is 21.3. The molecule has 37 heavy (non-hydrogen) atoms. The first-order valence-electron chi connectivity index (χ1n) is 11.8. The molecule has 0 radical (unpaired) electrons. The smallest absolute Gasteiger partial charge is 0.459 e. The lowest BCUT2D eigenvalue weighted by Gasteiger charge is -2.25. The van der Waals surface area contributed by atoms with Crippen LogP contribution in [0.1, 0.15) is 32.9 Å². The number of alkyl halides is 1. The number of unbranched alkanes of at least 4 members (excludes halogenated alkanes) is 1. The van der Waals surface area contributed by atoms with Crippen molar-refractivity contribution in [2.75, 3.05) is 19.9 Å².